The predicted octanol–water partition coefficient (Wildman–Crippen LogP) is 5.18. The first kappa shape index (κ1) is 18.9. The number of aromatic amines is 1. The van der Waals surface area contributed by atoms with Gasteiger partial charge in [0.05, 0.1) is 5.69 Å². The number of rotatable bonds is 4. The topological polar surface area (TPSA) is 53.1 Å². The fourth-order valence-corrected chi connectivity index (χ4v) is 4.54. The van der Waals surface area contributed by atoms with E-state index in [0.717, 1.165) is 24.3 Å². The highest BCUT2D eigenvalue weighted by molar-refractivity contribution is 5.97. The summed E-state index contributed by atoms with van der Waals surface area (Å²) in [6, 6.07) is 9.12. The lowest BCUT2D eigenvalue weighted by Crippen LogP contribution is -2.26. The van der Waals surface area contributed by atoms with Crippen LogP contribution in [0.15, 0.2) is 35.5 Å². The van der Waals surface area contributed by atoms with Crippen LogP contribution in [-0.4, -0.2) is 36.3 Å². The Morgan fingerprint density at radius 1 is 1.18 bits per heavy atom. The summed E-state index contributed by atoms with van der Waals surface area (Å²) >= 11 is 0. The first-order valence-corrected chi connectivity index (χ1v) is 10.3. The molecule has 146 valence electrons. The number of hydrogen-bond donors (Lipinski definition) is 2. The van der Waals surface area contributed by atoms with Gasteiger partial charge in [0.1, 0.15) is 0 Å². The van der Waals surface area contributed by atoms with Crippen molar-refractivity contribution >= 4 is 17.1 Å². The predicted molar refractivity (Wildman–Crippen MR) is 119 cm³/mol. The average Bonchev–Trinajstić information content (AvgIpc) is 3.09. The molecule has 4 rings (SSSR count). The molecule has 1 aliphatic heterocycles. The van der Waals surface area contributed by atoms with Crippen LogP contribution < -0.4 is 5.32 Å². The zero-order valence-electron chi connectivity index (χ0n) is 17.3. The summed E-state index contributed by atoms with van der Waals surface area (Å²) in [6.45, 7) is 8.85. The summed E-state index contributed by atoms with van der Waals surface area (Å²) in [6.07, 6.45) is 6.27. The first-order chi connectivity index (χ1) is 13.6. The van der Waals surface area contributed by atoms with Crippen molar-refractivity contribution in [2.45, 2.75) is 45.4 Å². The molecule has 0 bridgehead atoms. The third kappa shape index (κ3) is 3.37. The number of benzene rings is 1. The van der Waals surface area contributed by atoms with Gasteiger partial charge in [-0.25, -0.2) is 0 Å². The van der Waals surface area contributed by atoms with Crippen molar-refractivity contribution in [3.8, 4) is 11.3 Å². The average molecular weight is 375 g/mol. The van der Waals surface area contributed by atoms with Gasteiger partial charge in [0, 0.05) is 47.2 Å². The lowest BCUT2D eigenvalue weighted by atomic mass is 9.88. The van der Waals surface area contributed by atoms with Crippen molar-refractivity contribution in [3.05, 3.63) is 52.8 Å². The van der Waals surface area contributed by atoms with Crippen molar-refractivity contribution in [1.29, 1.82) is 0 Å². The summed E-state index contributed by atoms with van der Waals surface area (Å²) in [5.41, 5.74) is 8.56. The van der Waals surface area contributed by atoms with Crippen LogP contribution in [0.25, 0.3) is 22.2 Å². The molecule has 2 N–H and O–H groups in total. The monoisotopic (exact) mass is 374 g/mol. The summed E-state index contributed by atoms with van der Waals surface area (Å²) in [5.74, 6) is 1.09. The van der Waals surface area contributed by atoms with Crippen molar-refractivity contribution in [2.24, 2.45) is 4.99 Å². The molecule has 1 saturated heterocycles. The minimum atomic E-state index is 0.423. The summed E-state index contributed by atoms with van der Waals surface area (Å²) in [5, 5.41) is 4.83. The molecule has 28 heavy (non-hydrogen) atoms. The maximum Gasteiger partial charge on any atom is 0.0507 e. The Kier molecular flexibility index (Phi) is 5.31. The number of H-pyrrole nitrogens is 1. The number of aliphatic imine (C=N–C) groups is 1. The van der Waals surface area contributed by atoms with E-state index in [0.29, 0.717) is 11.8 Å². The maximum absolute atomic E-state index is 4.48. The minimum absolute atomic E-state index is 0.423. The minimum Gasteiger partial charge on any atom is -0.354 e. The maximum atomic E-state index is 4.48. The van der Waals surface area contributed by atoms with Gasteiger partial charge in [-0.3, -0.25) is 9.98 Å². The molecule has 0 unspecified atom stereocenters. The van der Waals surface area contributed by atoms with E-state index in [1.54, 1.807) is 0 Å². The number of nitrogens with one attached hydrogen (secondary N) is 2. The lowest BCUT2D eigenvalue weighted by molar-refractivity contribution is 0.460. The van der Waals surface area contributed by atoms with E-state index in [1.807, 2.05) is 26.4 Å². The Hall–Kier alpha value is -2.46. The second-order valence-electron chi connectivity index (χ2n) is 8.14. The van der Waals surface area contributed by atoms with Gasteiger partial charge in [-0.15, -0.1) is 0 Å². The molecule has 4 heteroatoms. The Morgan fingerprint density at radius 2 is 1.96 bits per heavy atom. The van der Waals surface area contributed by atoms with Gasteiger partial charge < -0.3 is 10.3 Å². The number of nitrogens with zero attached hydrogens (tertiary/aromatic N) is 2. The molecule has 1 aromatic carbocycles. The van der Waals surface area contributed by atoms with Crippen molar-refractivity contribution in [2.75, 3.05) is 20.1 Å². The third-order valence-electron chi connectivity index (χ3n) is 5.97. The molecule has 3 heterocycles. The molecular weight excluding hydrogens is 344 g/mol. The van der Waals surface area contributed by atoms with Gasteiger partial charge in [-0.2, -0.15) is 0 Å². The van der Waals surface area contributed by atoms with Gasteiger partial charge in [0.25, 0.3) is 0 Å². The smallest absolute Gasteiger partial charge is 0.0507 e. The van der Waals surface area contributed by atoms with Gasteiger partial charge in [-0.05, 0) is 74.0 Å². The fourth-order valence-electron chi connectivity index (χ4n) is 4.54. The molecule has 1 aliphatic rings. The Labute approximate surface area is 167 Å². The zero-order chi connectivity index (χ0) is 19.7. The third-order valence-corrected chi connectivity index (χ3v) is 5.97. The van der Waals surface area contributed by atoms with E-state index in [1.165, 1.54) is 46.1 Å². The van der Waals surface area contributed by atoms with E-state index in [-0.39, 0.29) is 0 Å². The van der Waals surface area contributed by atoms with Gasteiger partial charge in [0.2, 0.25) is 0 Å². The van der Waals surface area contributed by atoms with Crippen LogP contribution in [0, 0.1) is 6.92 Å². The normalized spacial score (nSPS) is 15.9. The summed E-state index contributed by atoms with van der Waals surface area (Å²) < 4.78 is 0. The SMILES string of the molecule is CN=Cc1c(-c2[nH]c3ccc(C4CCNCC4)cc3c2C(C)C)ccnc1C. The molecular formula is C24H30N4. The van der Waals surface area contributed by atoms with Crippen LogP contribution in [0.5, 0.6) is 0 Å². The molecule has 3 aromatic rings. The van der Waals surface area contributed by atoms with E-state index >= 15 is 0 Å². The van der Waals surface area contributed by atoms with Gasteiger partial charge in [0.15, 0.2) is 0 Å². The zero-order valence-corrected chi connectivity index (χ0v) is 17.3. The molecule has 0 aliphatic carbocycles. The summed E-state index contributed by atoms with van der Waals surface area (Å²) in [7, 11) is 1.82. The molecule has 4 nitrogen and oxygen atoms in total. The van der Waals surface area contributed by atoms with Crippen LogP contribution in [0.2, 0.25) is 0 Å². The van der Waals surface area contributed by atoms with Crippen molar-refractivity contribution in [3.63, 3.8) is 0 Å². The van der Waals surface area contributed by atoms with Crippen molar-refractivity contribution in [1.82, 2.24) is 15.3 Å². The van der Waals surface area contributed by atoms with Crippen molar-refractivity contribution < 1.29 is 0 Å². The van der Waals surface area contributed by atoms with Crippen LogP contribution >= 0.6 is 0 Å². The van der Waals surface area contributed by atoms with Gasteiger partial charge >= 0.3 is 0 Å². The van der Waals surface area contributed by atoms with E-state index in [9.17, 15) is 0 Å². The number of pyridine rings is 1. The second-order valence-corrected chi connectivity index (χ2v) is 8.14. The van der Waals surface area contributed by atoms with Crippen LogP contribution in [0.1, 0.15) is 60.9 Å². The Balaban J connectivity index is 1.90. The molecule has 0 saturated carbocycles. The number of fused-ring (bicyclic) bond motifs is 1. The standard InChI is InChI=1S/C24H30N4/c1-15(2)23-20-13-18(17-7-10-26-11-8-17)5-6-22(20)28-24(23)19-9-12-27-16(3)21(19)14-25-4/h5-6,9,12-15,17,26,28H,7-8,10-11H2,1-4H3. The van der Waals surface area contributed by atoms with Crippen LogP contribution in [0.3, 0.4) is 0 Å². The number of aryl methyl sites for hydroxylation is 1. The highest BCUT2D eigenvalue weighted by Crippen LogP contribution is 2.38. The fraction of sp³-hybridized carbons (Fsp3) is 0.417. The number of hydrogen-bond acceptors (Lipinski definition) is 3. The highest BCUT2D eigenvalue weighted by atomic mass is 14.9. The lowest BCUT2D eigenvalue weighted by Gasteiger charge is -2.23. The summed E-state index contributed by atoms with van der Waals surface area (Å²) in [4.78, 5) is 12.5. The Bertz CT molecular complexity index is 1010. The van der Waals surface area contributed by atoms with E-state index in [2.05, 4.69) is 58.4 Å². The molecule has 0 spiro atoms. The molecule has 2 aromatic heterocycles. The van der Waals surface area contributed by atoms with Gasteiger partial charge in [-0.1, -0.05) is 19.9 Å². The molecule has 1 fully saturated rings. The van der Waals surface area contributed by atoms with Crippen LogP contribution in [-0.2, 0) is 0 Å². The first-order valence-electron chi connectivity index (χ1n) is 10.3. The Morgan fingerprint density at radius 3 is 2.68 bits per heavy atom. The highest BCUT2D eigenvalue weighted by Gasteiger charge is 2.21. The second kappa shape index (κ2) is 7.88. The van der Waals surface area contributed by atoms with E-state index < -0.39 is 0 Å². The molecule has 0 radical (unpaired) electrons. The number of aromatic nitrogens is 2. The molecule has 0 amide bonds. The number of piperidine rings is 1. The largest absolute Gasteiger partial charge is 0.354 e. The van der Waals surface area contributed by atoms with Crippen LogP contribution in [0.4, 0.5) is 0 Å². The quantitative estimate of drug-likeness (QED) is 0.619. The van der Waals surface area contributed by atoms with E-state index in [4.69, 9.17) is 0 Å². The molecule has 0 atom stereocenters.